The molecule has 1 aromatic carbocycles. The highest BCUT2D eigenvalue weighted by molar-refractivity contribution is 5.30. The van der Waals surface area contributed by atoms with Crippen molar-refractivity contribution in [3.8, 4) is 5.75 Å². The van der Waals surface area contributed by atoms with Gasteiger partial charge in [0.05, 0.1) is 0 Å². The van der Waals surface area contributed by atoms with Gasteiger partial charge in [-0.2, -0.15) is 0 Å². The van der Waals surface area contributed by atoms with Crippen LogP contribution in [-0.2, 0) is 0 Å². The first-order valence-electron chi connectivity index (χ1n) is 7.64. The Morgan fingerprint density at radius 2 is 1.65 bits per heavy atom. The highest BCUT2D eigenvalue weighted by atomic mass is 19.4. The van der Waals surface area contributed by atoms with E-state index in [1.807, 2.05) is 6.08 Å². The maximum Gasteiger partial charge on any atom is 0.573 e. The number of hydrogen-bond acceptors (Lipinski definition) is 1. The normalized spacial score (nSPS) is 22.7. The van der Waals surface area contributed by atoms with E-state index in [2.05, 4.69) is 4.74 Å². The highest BCUT2D eigenvalue weighted by Gasteiger charge is 2.31. The molecule has 128 valence electrons. The van der Waals surface area contributed by atoms with Crippen LogP contribution in [-0.4, -0.2) is 12.8 Å². The number of halogens is 5. The minimum absolute atomic E-state index is 0.208. The zero-order chi connectivity index (χ0) is 16.9. The van der Waals surface area contributed by atoms with Gasteiger partial charge in [0, 0.05) is 6.42 Å². The molecule has 1 aliphatic rings. The summed E-state index contributed by atoms with van der Waals surface area (Å²) >= 11 is 0. The molecule has 0 amide bonds. The third-order valence-electron chi connectivity index (χ3n) is 4.08. The van der Waals surface area contributed by atoms with Crippen molar-refractivity contribution in [2.75, 3.05) is 0 Å². The molecule has 1 saturated carbocycles. The number of benzene rings is 1. The number of ether oxygens (including phenoxy) is 1. The number of rotatable bonds is 5. The molecule has 1 aliphatic carbocycles. The van der Waals surface area contributed by atoms with Gasteiger partial charge in [-0.05, 0) is 55.2 Å². The third-order valence-corrected chi connectivity index (χ3v) is 4.08. The van der Waals surface area contributed by atoms with Gasteiger partial charge in [-0.25, -0.2) is 8.78 Å². The summed E-state index contributed by atoms with van der Waals surface area (Å²) in [6.45, 7) is 0. The van der Waals surface area contributed by atoms with E-state index in [-0.39, 0.29) is 12.2 Å². The Morgan fingerprint density at radius 3 is 2.17 bits per heavy atom. The first kappa shape index (κ1) is 17.8. The molecule has 1 nitrogen and oxygen atoms in total. The lowest BCUT2D eigenvalue weighted by atomic mass is 9.78. The molecule has 0 N–H and O–H groups in total. The zero-order valence-electron chi connectivity index (χ0n) is 12.5. The summed E-state index contributed by atoms with van der Waals surface area (Å²) in [5.41, 5.74) is 0.995. The first-order valence-corrected chi connectivity index (χ1v) is 7.64. The summed E-state index contributed by atoms with van der Waals surface area (Å²) in [5.74, 6) is 0.400. The predicted octanol–water partition coefficient (Wildman–Crippen LogP) is 6.07. The Morgan fingerprint density at radius 1 is 1.04 bits per heavy atom. The molecule has 0 unspecified atom stereocenters. The molecule has 0 heterocycles. The minimum atomic E-state index is -4.68. The molecule has 0 spiro atoms. The van der Waals surface area contributed by atoms with Crippen LogP contribution in [0.1, 0.15) is 43.6 Å². The van der Waals surface area contributed by atoms with Crippen molar-refractivity contribution in [2.45, 2.75) is 50.8 Å². The summed E-state index contributed by atoms with van der Waals surface area (Å²) in [5, 5.41) is 0. The average molecular weight is 334 g/mol. The summed E-state index contributed by atoms with van der Waals surface area (Å²) < 4.78 is 64.4. The number of hydrogen-bond donors (Lipinski definition) is 0. The van der Waals surface area contributed by atoms with Crippen LogP contribution in [0.5, 0.6) is 5.75 Å². The molecular formula is C17H19F5O. The molecule has 0 saturated heterocycles. The summed E-state index contributed by atoms with van der Waals surface area (Å²) in [7, 11) is 0. The van der Waals surface area contributed by atoms with E-state index in [0.29, 0.717) is 11.8 Å². The fourth-order valence-electron chi connectivity index (χ4n) is 2.96. The topological polar surface area (TPSA) is 9.23 Å². The van der Waals surface area contributed by atoms with Crippen molar-refractivity contribution in [3.63, 3.8) is 0 Å². The van der Waals surface area contributed by atoms with E-state index in [9.17, 15) is 22.0 Å². The second kappa shape index (κ2) is 7.79. The van der Waals surface area contributed by atoms with Gasteiger partial charge in [-0.1, -0.05) is 24.3 Å². The molecule has 1 aromatic rings. The summed E-state index contributed by atoms with van der Waals surface area (Å²) in [6.07, 6.45) is -0.158. The van der Waals surface area contributed by atoms with Crippen LogP contribution in [0.3, 0.4) is 0 Å². The maximum absolute atomic E-state index is 12.1. The Balaban J connectivity index is 1.84. The largest absolute Gasteiger partial charge is 0.573 e. The van der Waals surface area contributed by atoms with Gasteiger partial charge >= 0.3 is 6.36 Å². The second-order valence-electron chi connectivity index (χ2n) is 5.78. The molecule has 23 heavy (non-hydrogen) atoms. The lowest BCUT2D eigenvalue weighted by Crippen LogP contribution is -2.17. The molecule has 0 atom stereocenters. The van der Waals surface area contributed by atoms with Crippen LogP contribution in [0.4, 0.5) is 22.0 Å². The van der Waals surface area contributed by atoms with Crippen molar-refractivity contribution in [1.82, 2.24) is 0 Å². The van der Waals surface area contributed by atoms with Crippen LogP contribution in [0.25, 0.3) is 0 Å². The number of allylic oxidation sites excluding steroid dienone is 2. The molecule has 0 bridgehead atoms. The quantitative estimate of drug-likeness (QED) is 0.469. The Hall–Kier alpha value is -1.59. The standard InChI is InChI=1S/C17H19F5O/c18-16(19)3-1-2-12-4-6-13(7-5-12)14-8-10-15(11-9-14)23-17(20,21)22/h1-2,8-13,16H,3-7H2/t12-,13-. The predicted molar refractivity (Wildman–Crippen MR) is 77.6 cm³/mol. The number of alkyl halides is 5. The molecule has 0 radical (unpaired) electrons. The first-order chi connectivity index (χ1) is 10.8. The van der Waals surface area contributed by atoms with Crippen LogP contribution in [0.2, 0.25) is 0 Å². The Bertz CT molecular complexity index is 499. The smallest absolute Gasteiger partial charge is 0.406 e. The Kier molecular flexibility index (Phi) is 6.02. The van der Waals surface area contributed by atoms with Crippen LogP contribution >= 0.6 is 0 Å². The molecule has 2 rings (SSSR count). The van der Waals surface area contributed by atoms with E-state index in [1.54, 1.807) is 18.2 Å². The van der Waals surface area contributed by atoms with Gasteiger partial charge in [0.25, 0.3) is 0 Å². The van der Waals surface area contributed by atoms with Crippen molar-refractivity contribution in [2.24, 2.45) is 5.92 Å². The van der Waals surface area contributed by atoms with Crippen molar-refractivity contribution in [3.05, 3.63) is 42.0 Å². The SMILES string of the molecule is FC(F)CC=C[C@H]1CC[C@H](c2ccc(OC(F)(F)F)cc2)CC1. The summed E-state index contributed by atoms with van der Waals surface area (Å²) in [6, 6.07) is 5.99. The monoisotopic (exact) mass is 334 g/mol. The Labute approximate surface area is 132 Å². The van der Waals surface area contributed by atoms with Crippen LogP contribution in [0, 0.1) is 5.92 Å². The molecule has 6 heteroatoms. The van der Waals surface area contributed by atoms with Gasteiger partial charge in [0.2, 0.25) is 6.43 Å². The van der Waals surface area contributed by atoms with Gasteiger partial charge in [0.1, 0.15) is 5.75 Å². The fourth-order valence-corrected chi connectivity index (χ4v) is 2.96. The van der Waals surface area contributed by atoms with Gasteiger partial charge in [0.15, 0.2) is 0 Å². The average Bonchev–Trinajstić information content (AvgIpc) is 2.47. The molecule has 1 fully saturated rings. The van der Waals surface area contributed by atoms with E-state index in [1.165, 1.54) is 12.1 Å². The lowest BCUT2D eigenvalue weighted by Gasteiger charge is -2.27. The van der Waals surface area contributed by atoms with Crippen LogP contribution < -0.4 is 4.74 Å². The minimum Gasteiger partial charge on any atom is -0.406 e. The van der Waals surface area contributed by atoms with E-state index in [0.717, 1.165) is 31.2 Å². The molecular weight excluding hydrogens is 315 g/mol. The molecule has 0 aliphatic heterocycles. The van der Waals surface area contributed by atoms with Crippen LogP contribution in [0.15, 0.2) is 36.4 Å². The third kappa shape index (κ3) is 6.20. The highest BCUT2D eigenvalue weighted by Crippen LogP contribution is 2.37. The molecule has 0 aromatic heterocycles. The van der Waals surface area contributed by atoms with Gasteiger partial charge in [-0.15, -0.1) is 13.2 Å². The maximum atomic E-state index is 12.1. The second-order valence-corrected chi connectivity index (χ2v) is 5.78. The van der Waals surface area contributed by atoms with Crippen molar-refractivity contribution >= 4 is 0 Å². The zero-order valence-corrected chi connectivity index (χ0v) is 12.5. The van der Waals surface area contributed by atoms with Gasteiger partial charge < -0.3 is 4.74 Å². The van der Waals surface area contributed by atoms with Crippen molar-refractivity contribution in [1.29, 1.82) is 0 Å². The fraction of sp³-hybridized carbons (Fsp3) is 0.529. The van der Waals surface area contributed by atoms with E-state index in [4.69, 9.17) is 0 Å². The van der Waals surface area contributed by atoms with Crippen molar-refractivity contribution < 1.29 is 26.7 Å². The van der Waals surface area contributed by atoms with E-state index >= 15 is 0 Å². The summed E-state index contributed by atoms with van der Waals surface area (Å²) in [4.78, 5) is 0. The van der Waals surface area contributed by atoms with E-state index < -0.39 is 12.8 Å². The lowest BCUT2D eigenvalue weighted by molar-refractivity contribution is -0.274. The van der Waals surface area contributed by atoms with Gasteiger partial charge in [-0.3, -0.25) is 0 Å².